The number of piperidine rings is 1. The Hall–Kier alpha value is -2.44. The van der Waals surface area contributed by atoms with Crippen LogP contribution >= 0.6 is 0 Å². The van der Waals surface area contributed by atoms with E-state index in [4.69, 9.17) is 0 Å². The Kier molecular flexibility index (Phi) is 5.09. The Morgan fingerprint density at radius 1 is 1.19 bits per heavy atom. The molecule has 0 unspecified atom stereocenters. The zero-order valence-corrected chi connectivity index (χ0v) is 15.2. The molecule has 2 aliphatic heterocycles. The van der Waals surface area contributed by atoms with E-state index in [1.165, 1.54) is 0 Å². The van der Waals surface area contributed by atoms with Gasteiger partial charge in [-0.1, -0.05) is 36.4 Å². The van der Waals surface area contributed by atoms with Crippen LogP contribution < -0.4 is 16.2 Å². The van der Waals surface area contributed by atoms with Gasteiger partial charge in [0, 0.05) is 43.7 Å². The van der Waals surface area contributed by atoms with E-state index in [-0.39, 0.29) is 18.0 Å². The van der Waals surface area contributed by atoms with Crippen LogP contribution in [0.2, 0.25) is 0 Å². The summed E-state index contributed by atoms with van der Waals surface area (Å²) in [7, 11) is 0. The highest BCUT2D eigenvalue weighted by atomic mass is 16.3. The smallest absolute Gasteiger partial charge is 0.251 e. The van der Waals surface area contributed by atoms with Gasteiger partial charge in [0.1, 0.15) is 6.10 Å². The second-order valence-corrected chi connectivity index (χ2v) is 7.53. The van der Waals surface area contributed by atoms with Crippen molar-refractivity contribution in [3.8, 4) is 0 Å². The molecule has 1 saturated heterocycles. The topological polar surface area (TPSA) is 83.4 Å². The van der Waals surface area contributed by atoms with Gasteiger partial charge in [-0.2, -0.15) is 0 Å². The average Bonchev–Trinajstić information content (AvgIpc) is 2.69. The molecule has 6 nitrogen and oxygen atoms in total. The highest BCUT2D eigenvalue weighted by molar-refractivity contribution is 5.80. The molecule has 1 amide bonds. The zero-order valence-electron chi connectivity index (χ0n) is 15.2. The number of pyridine rings is 1. The Bertz CT molecular complexity index is 864. The molecule has 2 bridgehead atoms. The van der Waals surface area contributed by atoms with Crippen LogP contribution in [0, 0.1) is 5.92 Å². The summed E-state index contributed by atoms with van der Waals surface area (Å²) in [5.41, 5.74) is 1.93. The predicted molar refractivity (Wildman–Crippen MR) is 103 cm³/mol. The van der Waals surface area contributed by atoms with Crippen LogP contribution in [0.1, 0.15) is 29.6 Å². The van der Waals surface area contributed by atoms with Crippen LogP contribution in [0.3, 0.4) is 0 Å². The first-order valence-electron chi connectivity index (χ1n) is 9.55. The summed E-state index contributed by atoms with van der Waals surface area (Å²) >= 11 is 0. The molecule has 142 valence electrons. The number of amides is 1. The number of carbonyl (C=O) groups is 1. The minimum absolute atomic E-state index is 0.0202. The third-order valence-electron chi connectivity index (χ3n) is 5.76. The summed E-state index contributed by atoms with van der Waals surface area (Å²) in [6.45, 7) is 2.07. The number of nitrogens with one attached hydrogen (secondary N) is 2. The van der Waals surface area contributed by atoms with Gasteiger partial charge in [0.2, 0.25) is 5.91 Å². The summed E-state index contributed by atoms with van der Waals surface area (Å²) < 4.78 is 1.85. The molecule has 27 heavy (non-hydrogen) atoms. The molecular formula is C21H25N3O3. The third kappa shape index (κ3) is 3.68. The van der Waals surface area contributed by atoms with E-state index >= 15 is 0 Å². The van der Waals surface area contributed by atoms with Crippen molar-refractivity contribution in [2.45, 2.75) is 30.9 Å². The number of aliphatic hydroxyl groups excluding tert-OH is 1. The molecule has 1 aromatic carbocycles. The molecular weight excluding hydrogens is 342 g/mol. The standard InChI is InChI=1S/C21H25N3O3/c25-19(9-14-5-2-1-3-6-14)21(27)23-13-18-16-10-15(11-22-12-16)17-7-4-8-20(26)24(17)18/h1-8,15-16,18-19,22,25H,9-13H2,(H,23,27)/t15-,16+,18+,19+/m1/s1. The maximum atomic E-state index is 12.5. The van der Waals surface area contributed by atoms with E-state index in [1.807, 2.05) is 47.0 Å². The number of benzene rings is 1. The number of fused-ring (bicyclic) bond motifs is 4. The van der Waals surface area contributed by atoms with E-state index in [2.05, 4.69) is 10.6 Å². The highest BCUT2D eigenvalue weighted by Crippen LogP contribution is 2.38. The second-order valence-electron chi connectivity index (χ2n) is 7.53. The Morgan fingerprint density at radius 2 is 2.00 bits per heavy atom. The molecule has 0 aliphatic carbocycles. The second kappa shape index (κ2) is 7.66. The fourth-order valence-corrected chi connectivity index (χ4v) is 4.42. The fraction of sp³-hybridized carbons (Fsp3) is 0.429. The van der Waals surface area contributed by atoms with Crippen molar-refractivity contribution < 1.29 is 9.90 Å². The zero-order chi connectivity index (χ0) is 18.8. The Morgan fingerprint density at radius 3 is 2.81 bits per heavy atom. The SMILES string of the molecule is O=C(NC[C@H]1[C@@H]2CNC[C@@H](C2)c2cccc(=O)n21)[C@@H](O)Cc1ccccc1. The van der Waals surface area contributed by atoms with Gasteiger partial charge in [-0.3, -0.25) is 9.59 Å². The summed E-state index contributed by atoms with van der Waals surface area (Å²) in [6, 6.07) is 14.8. The minimum Gasteiger partial charge on any atom is -0.383 e. The quantitative estimate of drug-likeness (QED) is 0.731. The maximum Gasteiger partial charge on any atom is 0.251 e. The lowest BCUT2D eigenvalue weighted by atomic mass is 9.79. The summed E-state index contributed by atoms with van der Waals surface area (Å²) in [5, 5.41) is 16.5. The van der Waals surface area contributed by atoms with E-state index in [9.17, 15) is 14.7 Å². The fourth-order valence-electron chi connectivity index (χ4n) is 4.42. The van der Waals surface area contributed by atoms with Gasteiger partial charge in [-0.25, -0.2) is 0 Å². The first-order valence-corrected chi connectivity index (χ1v) is 9.55. The lowest BCUT2D eigenvalue weighted by Gasteiger charge is -2.43. The molecule has 3 N–H and O–H groups in total. The number of aromatic nitrogens is 1. The van der Waals surface area contributed by atoms with Crippen LogP contribution in [0.25, 0.3) is 0 Å². The largest absolute Gasteiger partial charge is 0.383 e. The van der Waals surface area contributed by atoms with Crippen LogP contribution in [0.4, 0.5) is 0 Å². The van der Waals surface area contributed by atoms with Gasteiger partial charge >= 0.3 is 0 Å². The number of hydrogen-bond acceptors (Lipinski definition) is 4. The molecule has 4 rings (SSSR count). The average molecular weight is 367 g/mol. The van der Waals surface area contributed by atoms with Crippen molar-refractivity contribution in [1.82, 2.24) is 15.2 Å². The number of rotatable bonds is 5. The third-order valence-corrected chi connectivity index (χ3v) is 5.76. The molecule has 1 aromatic heterocycles. The van der Waals surface area contributed by atoms with Crippen molar-refractivity contribution in [2.24, 2.45) is 5.92 Å². The summed E-state index contributed by atoms with van der Waals surface area (Å²) in [6.07, 6.45) is 0.199. The van der Waals surface area contributed by atoms with Gasteiger partial charge in [0.05, 0.1) is 6.04 Å². The van der Waals surface area contributed by atoms with E-state index in [0.29, 0.717) is 18.4 Å². The monoisotopic (exact) mass is 367 g/mol. The minimum atomic E-state index is -1.10. The van der Waals surface area contributed by atoms with E-state index in [1.54, 1.807) is 6.07 Å². The molecule has 0 saturated carbocycles. The first-order chi connectivity index (χ1) is 13.1. The van der Waals surface area contributed by atoms with Crippen molar-refractivity contribution >= 4 is 5.91 Å². The lowest BCUT2D eigenvalue weighted by molar-refractivity contribution is -0.129. The van der Waals surface area contributed by atoms with Crippen LogP contribution in [-0.2, 0) is 11.2 Å². The Labute approximate surface area is 158 Å². The van der Waals surface area contributed by atoms with Gasteiger partial charge in [-0.05, 0) is 24.0 Å². The van der Waals surface area contributed by atoms with Gasteiger partial charge in [-0.15, -0.1) is 0 Å². The summed E-state index contributed by atoms with van der Waals surface area (Å²) in [4.78, 5) is 24.9. The normalized spacial score (nSPS) is 24.7. The molecule has 2 aliphatic rings. The number of aliphatic hydroxyl groups is 1. The van der Waals surface area contributed by atoms with Crippen LogP contribution in [-0.4, -0.2) is 41.3 Å². The van der Waals surface area contributed by atoms with Crippen molar-refractivity contribution in [2.75, 3.05) is 19.6 Å². The molecule has 3 heterocycles. The van der Waals surface area contributed by atoms with Crippen molar-refractivity contribution in [3.05, 3.63) is 70.1 Å². The van der Waals surface area contributed by atoms with E-state index in [0.717, 1.165) is 30.8 Å². The molecule has 2 aromatic rings. The van der Waals surface area contributed by atoms with Crippen molar-refractivity contribution in [3.63, 3.8) is 0 Å². The van der Waals surface area contributed by atoms with Crippen molar-refractivity contribution in [1.29, 1.82) is 0 Å². The number of hydrogen-bond donors (Lipinski definition) is 3. The molecule has 4 atom stereocenters. The van der Waals surface area contributed by atoms with Crippen LogP contribution in [0.5, 0.6) is 0 Å². The van der Waals surface area contributed by atoms with Gasteiger partial charge in [0.25, 0.3) is 5.56 Å². The highest BCUT2D eigenvalue weighted by Gasteiger charge is 2.37. The maximum absolute atomic E-state index is 12.5. The summed E-state index contributed by atoms with van der Waals surface area (Å²) in [5.74, 6) is 0.242. The molecule has 0 spiro atoms. The molecule has 1 fully saturated rings. The molecule has 6 heteroatoms. The van der Waals surface area contributed by atoms with E-state index < -0.39 is 12.0 Å². The Balaban J connectivity index is 1.47. The number of nitrogens with zero attached hydrogens (tertiary/aromatic N) is 1. The van der Waals surface area contributed by atoms with Gasteiger partial charge in [0.15, 0.2) is 0 Å². The number of carbonyl (C=O) groups excluding carboxylic acids is 1. The first kappa shape index (κ1) is 17.9. The predicted octanol–water partition coefficient (Wildman–Crippen LogP) is 0.816. The lowest BCUT2D eigenvalue weighted by Crippen LogP contribution is -2.51. The van der Waals surface area contributed by atoms with Gasteiger partial charge < -0.3 is 20.3 Å². The molecule has 0 radical (unpaired) electrons. The van der Waals surface area contributed by atoms with Crippen LogP contribution in [0.15, 0.2) is 53.3 Å².